The molecule has 0 saturated heterocycles. The second kappa shape index (κ2) is 6.84. The molecule has 7 nitrogen and oxygen atoms in total. The molecule has 116 valence electrons. The van der Waals surface area contributed by atoms with E-state index >= 15 is 0 Å². The first kappa shape index (κ1) is 15.7. The van der Waals surface area contributed by atoms with Gasteiger partial charge in [0.1, 0.15) is 0 Å². The van der Waals surface area contributed by atoms with Crippen LogP contribution in [0.4, 0.5) is 0 Å². The lowest BCUT2D eigenvalue weighted by molar-refractivity contribution is 0.0599. The molecule has 0 aliphatic carbocycles. The maximum absolute atomic E-state index is 11.4. The number of esters is 1. The van der Waals surface area contributed by atoms with E-state index in [4.69, 9.17) is 0 Å². The number of unbranched alkanes of at least 4 members (excludes halogenated alkanes) is 1. The predicted molar refractivity (Wildman–Crippen MR) is 78.3 cm³/mol. The summed E-state index contributed by atoms with van der Waals surface area (Å²) in [4.78, 5) is 22.7. The Bertz CT molecular complexity index is 677. The summed E-state index contributed by atoms with van der Waals surface area (Å²) in [5, 5.41) is 16.9. The molecule has 2 aromatic rings. The van der Waals surface area contributed by atoms with E-state index in [1.165, 1.54) is 11.8 Å². The van der Waals surface area contributed by atoms with E-state index in [1.54, 1.807) is 24.3 Å². The predicted octanol–water partition coefficient (Wildman–Crippen LogP) is 2.09. The van der Waals surface area contributed by atoms with Crippen molar-refractivity contribution in [1.29, 1.82) is 0 Å². The molecule has 0 radical (unpaired) electrons. The summed E-state index contributed by atoms with van der Waals surface area (Å²) >= 11 is 0. The molecule has 0 aliphatic heterocycles. The van der Waals surface area contributed by atoms with Crippen molar-refractivity contribution < 1.29 is 19.4 Å². The Kier molecular flexibility index (Phi) is 4.88. The third kappa shape index (κ3) is 3.13. The van der Waals surface area contributed by atoms with Gasteiger partial charge in [-0.25, -0.2) is 14.3 Å². The van der Waals surface area contributed by atoms with E-state index in [-0.39, 0.29) is 5.69 Å². The second-order valence-corrected chi connectivity index (χ2v) is 4.74. The third-order valence-electron chi connectivity index (χ3n) is 3.27. The van der Waals surface area contributed by atoms with E-state index in [2.05, 4.69) is 15.0 Å². The van der Waals surface area contributed by atoms with Gasteiger partial charge in [0.15, 0.2) is 5.69 Å². The number of methoxy groups -OCH3 is 1. The molecule has 0 spiro atoms. The van der Waals surface area contributed by atoms with Gasteiger partial charge < -0.3 is 9.84 Å². The van der Waals surface area contributed by atoms with Gasteiger partial charge in [0, 0.05) is 0 Å². The molecule has 2 rings (SSSR count). The lowest BCUT2D eigenvalue weighted by atomic mass is 10.1. The number of rotatable bonds is 6. The van der Waals surface area contributed by atoms with Crippen molar-refractivity contribution in [2.24, 2.45) is 0 Å². The van der Waals surface area contributed by atoms with Crippen molar-refractivity contribution in [3.63, 3.8) is 0 Å². The molecule has 22 heavy (non-hydrogen) atoms. The zero-order valence-electron chi connectivity index (χ0n) is 12.4. The number of ether oxygens (including phenoxy) is 1. The Morgan fingerprint density at radius 1 is 1.27 bits per heavy atom. The Morgan fingerprint density at radius 2 is 1.95 bits per heavy atom. The number of nitrogens with zero attached hydrogens (tertiary/aromatic N) is 3. The fourth-order valence-electron chi connectivity index (χ4n) is 2.10. The Hall–Kier alpha value is -2.70. The van der Waals surface area contributed by atoms with Crippen molar-refractivity contribution >= 4 is 11.9 Å². The average molecular weight is 303 g/mol. The third-order valence-corrected chi connectivity index (χ3v) is 3.27. The topological polar surface area (TPSA) is 94.3 Å². The zero-order chi connectivity index (χ0) is 16.1. The largest absolute Gasteiger partial charge is 0.476 e. The van der Waals surface area contributed by atoms with Gasteiger partial charge in [-0.05, 0) is 37.1 Å². The van der Waals surface area contributed by atoms with Crippen molar-refractivity contribution in [1.82, 2.24) is 15.0 Å². The molecule has 0 amide bonds. The summed E-state index contributed by atoms with van der Waals surface area (Å²) in [5.41, 5.74) is 1.59. The minimum atomic E-state index is -1.09. The number of carboxylic acids is 1. The smallest absolute Gasteiger partial charge is 0.358 e. The van der Waals surface area contributed by atoms with Crippen LogP contribution >= 0.6 is 0 Å². The van der Waals surface area contributed by atoms with Crippen molar-refractivity contribution in [3.05, 3.63) is 41.2 Å². The number of aromatic nitrogens is 3. The fourth-order valence-corrected chi connectivity index (χ4v) is 2.10. The van der Waals surface area contributed by atoms with Crippen LogP contribution in [0.25, 0.3) is 5.69 Å². The van der Waals surface area contributed by atoms with Crippen LogP contribution in [0.2, 0.25) is 0 Å². The maximum Gasteiger partial charge on any atom is 0.358 e. The number of carboxylic acid groups (broad SMARTS) is 1. The molecule has 0 atom stereocenters. The summed E-state index contributed by atoms with van der Waals surface area (Å²) in [6, 6.07) is 6.57. The number of hydrogen-bond donors (Lipinski definition) is 1. The van der Waals surface area contributed by atoms with Crippen LogP contribution in [-0.4, -0.2) is 39.1 Å². The highest BCUT2D eigenvalue weighted by molar-refractivity contribution is 5.89. The van der Waals surface area contributed by atoms with E-state index in [0.717, 1.165) is 12.8 Å². The van der Waals surface area contributed by atoms with Gasteiger partial charge in [-0.3, -0.25) is 0 Å². The fraction of sp³-hybridized carbons (Fsp3) is 0.333. The van der Waals surface area contributed by atoms with E-state index in [0.29, 0.717) is 23.4 Å². The van der Waals surface area contributed by atoms with Gasteiger partial charge in [-0.2, -0.15) is 0 Å². The highest BCUT2D eigenvalue weighted by atomic mass is 16.5. The minimum absolute atomic E-state index is 0.0366. The summed E-state index contributed by atoms with van der Waals surface area (Å²) in [6.07, 6.45) is 2.35. The molecule has 0 unspecified atom stereocenters. The molecule has 7 heteroatoms. The maximum atomic E-state index is 11.4. The van der Waals surface area contributed by atoms with Crippen LogP contribution in [0.1, 0.15) is 46.3 Å². The Morgan fingerprint density at radius 3 is 2.50 bits per heavy atom. The van der Waals surface area contributed by atoms with Gasteiger partial charge >= 0.3 is 11.9 Å². The van der Waals surface area contributed by atoms with Gasteiger partial charge in [0.25, 0.3) is 0 Å². The molecule has 1 aromatic carbocycles. The number of carbonyl (C=O) groups is 2. The van der Waals surface area contributed by atoms with Gasteiger partial charge in [-0.1, -0.05) is 18.6 Å². The highest BCUT2D eigenvalue weighted by Gasteiger charge is 2.19. The van der Waals surface area contributed by atoms with Gasteiger partial charge in [0.2, 0.25) is 0 Å². The quantitative estimate of drug-likeness (QED) is 0.821. The normalized spacial score (nSPS) is 10.5. The number of aromatic carboxylic acids is 1. The highest BCUT2D eigenvalue weighted by Crippen LogP contribution is 2.17. The molecule has 0 bridgehead atoms. The lowest BCUT2D eigenvalue weighted by Gasteiger charge is -2.07. The average Bonchev–Trinajstić information content (AvgIpc) is 2.96. The molecule has 0 fully saturated rings. The molecule has 1 aromatic heterocycles. The molecular formula is C15H17N3O4. The molecule has 1 heterocycles. The number of hydrogen-bond acceptors (Lipinski definition) is 5. The van der Waals surface area contributed by atoms with Crippen LogP contribution < -0.4 is 0 Å². The standard InChI is InChI=1S/C15H17N3O4/c1-3-4-5-12-13(14(19)20)16-17-18(12)11-8-6-10(7-9-11)15(21)22-2/h6-9H,3-5H2,1-2H3,(H,19,20). The van der Waals surface area contributed by atoms with Crippen LogP contribution in [0.3, 0.4) is 0 Å². The summed E-state index contributed by atoms with van der Waals surface area (Å²) < 4.78 is 6.14. The van der Waals surface area contributed by atoms with E-state index in [9.17, 15) is 14.7 Å². The molecule has 0 saturated carbocycles. The Balaban J connectivity index is 2.39. The minimum Gasteiger partial charge on any atom is -0.476 e. The summed E-state index contributed by atoms with van der Waals surface area (Å²) in [5.74, 6) is -1.52. The van der Waals surface area contributed by atoms with Crippen LogP contribution in [-0.2, 0) is 11.2 Å². The first-order valence-electron chi connectivity index (χ1n) is 6.95. The van der Waals surface area contributed by atoms with Gasteiger partial charge in [-0.15, -0.1) is 5.10 Å². The van der Waals surface area contributed by atoms with Crippen LogP contribution in [0.5, 0.6) is 0 Å². The van der Waals surface area contributed by atoms with Crippen LogP contribution in [0, 0.1) is 0 Å². The molecule has 1 N–H and O–H groups in total. The summed E-state index contributed by atoms with van der Waals surface area (Å²) in [7, 11) is 1.32. The zero-order valence-corrected chi connectivity index (χ0v) is 12.4. The Labute approximate surface area is 127 Å². The van der Waals surface area contributed by atoms with E-state index < -0.39 is 11.9 Å². The van der Waals surface area contributed by atoms with Gasteiger partial charge in [0.05, 0.1) is 24.1 Å². The second-order valence-electron chi connectivity index (χ2n) is 4.74. The lowest BCUT2D eigenvalue weighted by Crippen LogP contribution is -2.07. The first-order valence-corrected chi connectivity index (χ1v) is 6.95. The van der Waals surface area contributed by atoms with Crippen molar-refractivity contribution in [2.45, 2.75) is 26.2 Å². The SMILES string of the molecule is CCCCc1c(C(=O)O)nnn1-c1ccc(C(=O)OC)cc1. The van der Waals surface area contributed by atoms with E-state index in [1.807, 2.05) is 6.92 Å². The molecular weight excluding hydrogens is 286 g/mol. The first-order chi connectivity index (χ1) is 10.6. The van der Waals surface area contributed by atoms with Crippen molar-refractivity contribution in [3.8, 4) is 5.69 Å². The van der Waals surface area contributed by atoms with Crippen molar-refractivity contribution in [2.75, 3.05) is 7.11 Å². The molecule has 0 aliphatic rings. The number of benzene rings is 1. The monoisotopic (exact) mass is 303 g/mol. The number of carbonyl (C=O) groups excluding carboxylic acids is 1. The summed E-state index contributed by atoms with van der Waals surface area (Å²) in [6.45, 7) is 2.03. The van der Waals surface area contributed by atoms with Crippen LogP contribution in [0.15, 0.2) is 24.3 Å².